The van der Waals surface area contributed by atoms with Crippen molar-refractivity contribution in [3.05, 3.63) is 66.4 Å². The highest BCUT2D eigenvalue weighted by Gasteiger charge is 2.26. The minimum absolute atomic E-state index is 0.0197. The van der Waals surface area contributed by atoms with E-state index in [0.717, 1.165) is 60.3 Å². The third-order valence-electron chi connectivity index (χ3n) is 5.95. The Morgan fingerprint density at radius 2 is 1.97 bits per heavy atom. The predicted molar refractivity (Wildman–Crippen MR) is 137 cm³/mol. The van der Waals surface area contributed by atoms with Gasteiger partial charge in [-0.25, -0.2) is 9.97 Å². The van der Waals surface area contributed by atoms with Crippen molar-refractivity contribution in [2.24, 2.45) is 0 Å². The zero-order valence-corrected chi connectivity index (χ0v) is 20.9. The first-order chi connectivity index (χ1) is 16.5. The maximum absolute atomic E-state index is 13.3. The lowest BCUT2D eigenvalue weighted by atomic mass is 10.1. The molecule has 1 aliphatic rings. The molecule has 178 valence electrons. The Hall–Kier alpha value is -2.92. The predicted octanol–water partition coefficient (Wildman–Crippen LogP) is 5.28. The van der Waals surface area contributed by atoms with Crippen molar-refractivity contribution in [3.8, 4) is 11.1 Å². The summed E-state index contributed by atoms with van der Waals surface area (Å²) in [6.45, 7) is 6.46. The number of carbonyl (C=O) groups excluding carboxylic acids is 1. The molecule has 0 radical (unpaired) electrons. The third kappa shape index (κ3) is 6.35. The molecular weight excluding hydrogens is 445 g/mol. The van der Waals surface area contributed by atoms with Crippen molar-refractivity contribution in [1.82, 2.24) is 20.1 Å². The fraction of sp³-hybridized carbons (Fsp3) is 0.423. The van der Waals surface area contributed by atoms with Gasteiger partial charge in [0.05, 0.1) is 0 Å². The van der Waals surface area contributed by atoms with Crippen LogP contribution in [0.25, 0.3) is 11.1 Å². The summed E-state index contributed by atoms with van der Waals surface area (Å²) in [5.74, 6) is 2.77. The molecule has 34 heavy (non-hydrogen) atoms. The molecular formula is C26H32N5O2P. The van der Waals surface area contributed by atoms with Crippen molar-refractivity contribution in [2.75, 3.05) is 17.6 Å². The van der Waals surface area contributed by atoms with Gasteiger partial charge in [0.15, 0.2) is 5.82 Å². The summed E-state index contributed by atoms with van der Waals surface area (Å²) in [4.78, 5) is 28.5. The molecule has 3 aromatic rings. The summed E-state index contributed by atoms with van der Waals surface area (Å²) < 4.78 is 5.03. The topological polar surface area (TPSA) is 85.0 Å². The van der Waals surface area contributed by atoms with Crippen molar-refractivity contribution in [2.45, 2.75) is 57.8 Å². The van der Waals surface area contributed by atoms with Crippen LogP contribution in [0.15, 0.2) is 53.3 Å². The van der Waals surface area contributed by atoms with E-state index in [0.29, 0.717) is 30.3 Å². The Labute approximate surface area is 203 Å². The van der Waals surface area contributed by atoms with Crippen LogP contribution >= 0.6 is 9.24 Å². The van der Waals surface area contributed by atoms with Crippen LogP contribution in [0.3, 0.4) is 0 Å². The Bertz CT molecular complexity index is 1120. The Balaban J connectivity index is 1.44. The molecule has 2 aromatic heterocycles. The Morgan fingerprint density at radius 1 is 1.18 bits per heavy atom. The lowest BCUT2D eigenvalue weighted by molar-refractivity contribution is -0.115. The Kier molecular flexibility index (Phi) is 8.17. The van der Waals surface area contributed by atoms with Gasteiger partial charge >= 0.3 is 0 Å². The summed E-state index contributed by atoms with van der Waals surface area (Å²) >= 11 is 0. The van der Waals surface area contributed by atoms with Gasteiger partial charge in [-0.3, -0.25) is 4.79 Å². The normalized spacial score (nSPS) is 13.1. The second-order valence-electron chi connectivity index (χ2n) is 8.79. The maximum atomic E-state index is 13.3. The van der Waals surface area contributed by atoms with Crippen LogP contribution in [0.2, 0.25) is 0 Å². The van der Waals surface area contributed by atoms with E-state index in [1.807, 2.05) is 41.6 Å². The van der Waals surface area contributed by atoms with Crippen LogP contribution in [-0.2, 0) is 11.2 Å². The molecule has 1 amide bonds. The van der Waals surface area contributed by atoms with Gasteiger partial charge in [0.2, 0.25) is 5.89 Å². The molecule has 8 heteroatoms. The summed E-state index contributed by atoms with van der Waals surface area (Å²) in [5, 5.41) is 3.95. The molecule has 1 atom stereocenters. The average molecular weight is 478 g/mol. The number of hydrogen-bond acceptors (Lipinski definition) is 6. The van der Waals surface area contributed by atoms with Crippen LogP contribution in [0.1, 0.15) is 62.0 Å². The van der Waals surface area contributed by atoms with Crippen molar-refractivity contribution >= 4 is 20.8 Å². The largest absolute Gasteiger partial charge is 0.340 e. The zero-order valence-electron chi connectivity index (χ0n) is 19.7. The molecule has 0 N–H and O–H groups in total. The quantitative estimate of drug-likeness (QED) is 0.200. The van der Waals surface area contributed by atoms with E-state index in [1.165, 1.54) is 12.8 Å². The third-order valence-corrected chi connectivity index (χ3v) is 6.24. The number of hydrogen-bond donors (Lipinski definition) is 0. The number of rotatable bonds is 12. The van der Waals surface area contributed by atoms with Gasteiger partial charge in [-0.15, -0.1) is 9.24 Å². The number of unbranched alkanes of at least 4 members (excludes halogenated alkanes) is 2. The molecule has 1 fully saturated rings. The van der Waals surface area contributed by atoms with E-state index in [4.69, 9.17) is 4.52 Å². The molecule has 1 saturated carbocycles. The lowest BCUT2D eigenvalue weighted by Crippen LogP contribution is -2.33. The molecule has 7 nitrogen and oxygen atoms in total. The minimum Gasteiger partial charge on any atom is -0.340 e. The summed E-state index contributed by atoms with van der Waals surface area (Å²) in [6.07, 6.45) is 11.2. The van der Waals surface area contributed by atoms with Crippen molar-refractivity contribution in [3.63, 3.8) is 0 Å². The number of nitrogens with zero attached hydrogens (tertiary/aromatic N) is 5. The molecule has 1 unspecified atom stereocenters. The lowest BCUT2D eigenvalue weighted by Gasteiger charge is -2.24. The molecule has 0 spiro atoms. The SMILES string of the molecule is C=C(CCP)C(=O)N(CCCCCc1noc(C)n1)c1cccc(-c2cnc(C3CC3)nc2)c1. The highest BCUT2D eigenvalue weighted by atomic mass is 31.0. The fourth-order valence-corrected chi connectivity index (χ4v) is 4.23. The van der Waals surface area contributed by atoms with Gasteiger partial charge in [-0.2, -0.15) is 4.98 Å². The van der Waals surface area contributed by atoms with Crippen LogP contribution in [-0.4, -0.2) is 38.7 Å². The number of benzene rings is 1. The summed E-state index contributed by atoms with van der Waals surface area (Å²) in [7, 11) is 2.67. The first-order valence-corrected chi connectivity index (χ1v) is 12.8. The number of aryl methyl sites for hydroxylation is 2. The van der Waals surface area contributed by atoms with Crippen LogP contribution < -0.4 is 4.90 Å². The van der Waals surface area contributed by atoms with E-state index in [-0.39, 0.29) is 5.91 Å². The second kappa shape index (κ2) is 11.5. The van der Waals surface area contributed by atoms with Gasteiger partial charge in [0, 0.05) is 55.0 Å². The molecule has 2 heterocycles. The number of aromatic nitrogens is 4. The average Bonchev–Trinajstić information content (AvgIpc) is 3.62. The highest BCUT2D eigenvalue weighted by Crippen LogP contribution is 2.38. The molecule has 0 saturated heterocycles. The fourth-order valence-electron chi connectivity index (χ4n) is 3.89. The van der Waals surface area contributed by atoms with Gasteiger partial charge in [-0.1, -0.05) is 30.3 Å². The standard InChI is InChI=1S/C26H32N5O2P/c1-18(12-14-34)26(32)31(13-5-3-4-9-24-29-19(2)33-30-24)23-8-6-7-21(15-23)22-16-27-25(28-17-22)20-10-11-20/h6-8,15-17,20H,1,3-5,9-14,34H2,2H3. The first-order valence-electron chi connectivity index (χ1n) is 12.0. The van der Waals surface area contributed by atoms with Gasteiger partial charge in [0.1, 0.15) is 5.82 Å². The smallest absolute Gasteiger partial charge is 0.253 e. The van der Waals surface area contributed by atoms with Gasteiger partial charge < -0.3 is 9.42 Å². The second-order valence-corrected chi connectivity index (χ2v) is 9.37. The number of anilines is 1. The Morgan fingerprint density at radius 3 is 2.65 bits per heavy atom. The zero-order chi connectivity index (χ0) is 23.9. The molecule has 1 aromatic carbocycles. The van der Waals surface area contributed by atoms with Crippen molar-refractivity contribution in [1.29, 1.82) is 0 Å². The maximum Gasteiger partial charge on any atom is 0.253 e. The van der Waals surface area contributed by atoms with E-state index in [9.17, 15) is 4.79 Å². The summed E-state index contributed by atoms with van der Waals surface area (Å²) in [6, 6.07) is 8.04. The van der Waals surface area contributed by atoms with Gasteiger partial charge in [0.25, 0.3) is 5.91 Å². The summed E-state index contributed by atoms with van der Waals surface area (Å²) in [5.41, 5.74) is 3.45. The van der Waals surface area contributed by atoms with E-state index >= 15 is 0 Å². The van der Waals surface area contributed by atoms with Crippen LogP contribution in [0.4, 0.5) is 5.69 Å². The monoisotopic (exact) mass is 477 g/mol. The van der Waals surface area contributed by atoms with E-state index < -0.39 is 0 Å². The van der Waals surface area contributed by atoms with Crippen LogP contribution in [0, 0.1) is 6.92 Å². The first kappa shape index (κ1) is 24.2. The number of carbonyl (C=O) groups is 1. The highest BCUT2D eigenvalue weighted by molar-refractivity contribution is 7.16. The molecule has 0 aliphatic heterocycles. The van der Waals surface area contributed by atoms with Crippen molar-refractivity contribution < 1.29 is 9.32 Å². The van der Waals surface area contributed by atoms with Gasteiger partial charge in [-0.05, 0) is 56.0 Å². The van der Waals surface area contributed by atoms with E-state index in [1.54, 1.807) is 6.92 Å². The molecule has 4 rings (SSSR count). The van der Waals surface area contributed by atoms with Crippen LogP contribution in [0.5, 0.6) is 0 Å². The minimum atomic E-state index is -0.0197. The number of amides is 1. The van der Waals surface area contributed by atoms with E-state index in [2.05, 4.69) is 35.9 Å². The molecule has 1 aliphatic carbocycles. The molecule has 0 bridgehead atoms.